The number of nitrogens with zero attached hydrogens (tertiary/aromatic N) is 3. The number of rotatable bonds is 8. The van der Waals surface area contributed by atoms with Crippen LogP contribution in [0.2, 0.25) is 0 Å². The number of likely N-dealkylation sites (tertiary alicyclic amines) is 1. The van der Waals surface area contributed by atoms with Gasteiger partial charge in [-0.2, -0.15) is 0 Å². The Morgan fingerprint density at radius 1 is 1.35 bits per heavy atom. The molecule has 1 unspecified atom stereocenters. The van der Waals surface area contributed by atoms with Crippen LogP contribution in [0.4, 0.5) is 4.39 Å². The monoisotopic (exact) mass is 367 g/mol. The molecule has 0 saturated carbocycles. The Kier molecular flexibility index (Phi) is 6.92. The topological polar surface area (TPSA) is 64.4 Å². The molecule has 1 aromatic rings. The molecule has 0 aliphatic carbocycles. The lowest BCUT2D eigenvalue weighted by molar-refractivity contribution is -0.145. The average Bonchev–Trinajstić information content (AvgIpc) is 2.55. The van der Waals surface area contributed by atoms with E-state index in [1.54, 1.807) is 6.20 Å². The van der Waals surface area contributed by atoms with E-state index in [0.29, 0.717) is 38.2 Å². The number of methoxy groups -OCH3 is 1. The highest BCUT2D eigenvalue weighted by Gasteiger charge is 2.28. The van der Waals surface area contributed by atoms with Crippen molar-refractivity contribution in [1.29, 1.82) is 0 Å². The van der Waals surface area contributed by atoms with Crippen molar-refractivity contribution >= 4 is 5.97 Å². The quantitative estimate of drug-likeness (QED) is 0.660. The second-order valence-electron chi connectivity index (χ2n) is 7.76. The summed E-state index contributed by atoms with van der Waals surface area (Å²) in [5.41, 5.74) is 0.952. The number of alkyl halides is 1. The van der Waals surface area contributed by atoms with Gasteiger partial charge in [-0.3, -0.25) is 19.2 Å². The summed E-state index contributed by atoms with van der Waals surface area (Å²) in [7, 11) is 1.34. The van der Waals surface area contributed by atoms with Crippen LogP contribution in [0, 0.1) is 5.92 Å². The second-order valence-corrected chi connectivity index (χ2v) is 7.76. The minimum Gasteiger partial charge on any atom is -0.467 e. The number of hydrogen-bond donors (Lipinski definition) is 0. The summed E-state index contributed by atoms with van der Waals surface area (Å²) >= 11 is 0. The van der Waals surface area contributed by atoms with Crippen LogP contribution in [0.15, 0.2) is 11.0 Å². The van der Waals surface area contributed by atoms with Gasteiger partial charge in [0, 0.05) is 38.2 Å². The lowest BCUT2D eigenvalue weighted by Crippen LogP contribution is -2.49. The summed E-state index contributed by atoms with van der Waals surface area (Å²) in [6.45, 7) is 9.43. The molecule has 0 radical (unpaired) electrons. The van der Waals surface area contributed by atoms with Gasteiger partial charge in [0.1, 0.15) is 17.9 Å². The molecule has 2 heterocycles. The third-order valence-electron chi connectivity index (χ3n) is 4.65. The van der Waals surface area contributed by atoms with Crippen LogP contribution in [0.3, 0.4) is 0 Å². The normalized spacial score (nSPS) is 16.8. The molecular formula is C19H30FN3O3. The van der Waals surface area contributed by atoms with Crippen LogP contribution in [0.25, 0.3) is 0 Å². The van der Waals surface area contributed by atoms with Crippen molar-refractivity contribution in [3.05, 3.63) is 27.9 Å². The summed E-state index contributed by atoms with van der Waals surface area (Å²) in [6, 6.07) is -0.661. The zero-order valence-electron chi connectivity index (χ0n) is 16.4. The summed E-state index contributed by atoms with van der Waals surface area (Å²) in [5, 5.41) is 0. The lowest BCUT2D eigenvalue weighted by atomic mass is 10.0. The minimum absolute atomic E-state index is 0.0507. The van der Waals surface area contributed by atoms with Gasteiger partial charge in [0.25, 0.3) is 5.56 Å². The van der Waals surface area contributed by atoms with Gasteiger partial charge >= 0.3 is 5.97 Å². The van der Waals surface area contributed by atoms with Crippen LogP contribution in [0.1, 0.15) is 57.5 Å². The molecule has 26 heavy (non-hydrogen) atoms. The molecule has 6 nitrogen and oxygen atoms in total. The second kappa shape index (κ2) is 8.75. The number of carbonyl (C=O) groups excluding carboxylic acids is 1. The van der Waals surface area contributed by atoms with Gasteiger partial charge in [-0.1, -0.05) is 27.7 Å². The van der Waals surface area contributed by atoms with Crippen molar-refractivity contribution in [3.8, 4) is 0 Å². The zero-order valence-corrected chi connectivity index (χ0v) is 16.4. The number of aromatic nitrogens is 2. The van der Waals surface area contributed by atoms with Crippen molar-refractivity contribution in [2.24, 2.45) is 5.92 Å². The molecule has 0 aromatic carbocycles. The molecule has 2 rings (SSSR count). The first kappa shape index (κ1) is 20.6. The van der Waals surface area contributed by atoms with E-state index in [0.717, 1.165) is 5.69 Å². The van der Waals surface area contributed by atoms with Gasteiger partial charge in [0.15, 0.2) is 0 Å². The number of halogens is 1. The van der Waals surface area contributed by atoms with E-state index in [9.17, 15) is 14.0 Å². The van der Waals surface area contributed by atoms with E-state index in [4.69, 9.17) is 4.74 Å². The molecule has 7 heteroatoms. The molecule has 0 spiro atoms. The maximum atomic E-state index is 13.0. The molecule has 0 N–H and O–H groups in total. The third-order valence-corrected chi connectivity index (χ3v) is 4.65. The van der Waals surface area contributed by atoms with Crippen LogP contribution >= 0.6 is 0 Å². The molecule has 1 saturated heterocycles. The van der Waals surface area contributed by atoms with Gasteiger partial charge in [-0.15, -0.1) is 0 Å². The zero-order chi connectivity index (χ0) is 19.4. The maximum Gasteiger partial charge on any atom is 0.328 e. The fourth-order valence-electron chi connectivity index (χ4n) is 3.18. The first-order valence-electron chi connectivity index (χ1n) is 9.29. The highest BCUT2D eigenvalue weighted by molar-refractivity contribution is 5.74. The van der Waals surface area contributed by atoms with E-state index in [2.05, 4.69) is 4.98 Å². The smallest absolute Gasteiger partial charge is 0.328 e. The number of esters is 1. The van der Waals surface area contributed by atoms with Crippen LogP contribution in [-0.4, -0.2) is 53.3 Å². The van der Waals surface area contributed by atoms with Crippen LogP contribution < -0.4 is 5.56 Å². The Morgan fingerprint density at radius 3 is 2.50 bits per heavy atom. The first-order chi connectivity index (χ1) is 12.2. The minimum atomic E-state index is -0.738. The first-order valence-corrected chi connectivity index (χ1v) is 9.29. The summed E-state index contributed by atoms with van der Waals surface area (Å²) in [6.07, 6.45) is 2.06. The van der Waals surface area contributed by atoms with Crippen molar-refractivity contribution < 1.29 is 13.9 Å². The van der Waals surface area contributed by atoms with E-state index < -0.39 is 18.2 Å². The highest BCUT2D eigenvalue weighted by Crippen LogP contribution is 2.20. The van der Waals surface area contributed by atoms with Crippen molar-refractivity contribution in [3.63, 3.8) is 0 Å². The Morgan fingerprint density at radius 2 is 2.00 bits per heavy atom. The van der Waals surface area contributed by atoms with Crippen molar-refractivity contribution in [2.75, 3.05) is 26.7 Å². The van der Waals surface area contributed by atoms with Gasteiger partial charge in [-0.05, 0) is 12.3 Å². The largest absolute Gasteiger partial charge is 0.467 e. The fraction of sp³-hybridized carbons (Fsp3) is 0.737. The number of ether oxygens (including phenoxy) is 1. The van der Waals surface area contributed by atoms with E-state index in [-0.39, 0.29) is 17.4 Å². The number of hydrogen-bond acceptors (Lipinski definition) is 5. The van der Waals surface area contributed by atoms with Gasteiger partial charge in [-0.25, -0.2) is 9.18 Å². The summed E-state index contributed by atoms with van der Waals surface area (Å²) < 4.78 is 19.4. The Labute approximate surface area is 154 Å². The Bertz CT molecular complexity index is 681. The van der Waals surface area contributed by atoms with Gasteiger partial charge in [0.2, 0.25) is 0 Å². The van der Waals surface area contributed by atoms with E-state index in [1.807, 2.05) is 32.6 Å². The summed E-state index contributed by atoms with van der Waals surface area (Å²) in [5.74, 6) is -0.242. The van der Waals surface area contributed by atoms with Crippen LogP contribution in [-0.2, 0) is 16.0 Å². The molecule has 1 fully saturated rings. The van der Waals surface area contributed by atoms with E-state index >= 15 is 0 Å². The fourth-order valence-corrected chi connectivity index (χ4v) is 3.18. The van der Waals surface area contributed by atoms with E-state index in [1.165, 1.54) is 11.7 Å². The highest BCUT2D eigenvalue weighted by atomic mass is 19.1. The Hall–Kier alpha value is -1.76. The maximum absolute atomic E-state index is 13.0. The molecule has 1 aromatic heterocycles. The van der Waals surface area contributed by atoms with Gasteiger partial charge < -0.3 is 4.74 Å². The third kappa shape index (κ3) is 4.90. The summed E-state index contributed by atoms with van der Waals surface area (Å²) in [4.78, 5) is 31.7. The molecular weight excluding hydrogens is 337 g/mol. The standard InChI is InChI=1S/C19H30FN3O3/c1-12(2)8-16(19(25)26-5)23-11-15(6-7-22-9-14(20)10-22)21-17(13(3)4)18(23)24/h11-14,16H,6-10H2,1-5H3. The molecule has 0 bridgehead atoms. The molecule has 146 valence electrons. The van der Waals surface area contributed by atoms with Gasteiger partial charge in [0.05, 0.1) is 12.8 Å². The Balaban J connectivity index is 2.35. The van der Waals surface area contributed by atoms with Crippen molar-refractivity contribution in [1.82, 2.24) is 14.5 Å². The molecule has 1 aliphatic rings. The molecule has 1 atom stereocenters. The SMILES string of the molecule is COC(=O)C(CC(C)C)n1cc(CCN2CC(F)C2)nc(C(C)C)c1=O. The average molecular weight is 367 g/mol. The molecule has 1 aliphatic heterocycles. The van der Waals surface area contributed by atoms with Crippen LogP contribution in [0.5, 0.6) is 0 Å². The lowest BCUT2D eigenvalue weighted by Gasteiger charge is -2.34. The number of carbonyl (C=O) groups is 1. The van der Waals surface area contributed by atoms with Crippen molar-refractivity contribution in [2.45, 2.75) is 58.7 Å². The molecule has 0 amide bonds. The predicted octanol–water partition coefficient (Wildman–Crippen LogP) is 2.32. The predicted molar refractivity (Wildman–Crippen MR) is 98.1 cm³/mol.